The van der Waals surface area contributed by atoms with Gasteiger partial charge >= 0.3 is 0 Å². The molecule has 0 saturated heterocycles. The molecule has 0 aliphatic carbocycles. The van der Waals surface area contributed by atoms with Gasteiger partial charge in [0.05, 0.1) is 12.4 Å². The van der Waals surface area contributed by atoms with Crippen LogP contribution in [-0.4, -0.2) is 36.9 Å². The number of sulfone groups is 1. The van der Waals surface area contributed by atoms with Gasteiger partial charge in [-0.15, -0.1) is 10.2 Å². The van der Waals surface area contributed by atoms with Gasteiger partial charge in [-0.3, -0.25) is 10.1 Å². The summed E-state index contributed by atoms with van der Waals surface area (Å²) < 4.78 is 29.4. The maximum Gasteiger partial charge on any atom is 0.257 e. The zero-order valence-electron chi connectivity index (χ0n) is 14.2. The van der Waals surface area contributed by atoms with Crippen LogP contribution in [0.5, 0.6) is 5.75 Å². The molecule has 0 spiro atoms. The van der Waals surface area contributed by atoms with E-state index in [2.05, 4.69) is 22.4 Å². The molecule has 0 aliphatic heterocycles. The largest absolute Gasteiger partial charge is 0.494 e. The fourth-order valence-corrected chi connectivity index (χ4v) is 4.32. The smallest absolute Gasteiger partial charge is 0.257 e. The van der Waals surface area contributed by atoms with Gasteiger partial charge in [-0.1, -0.05) is 37.7 Å². The summed E-state index contributed by atoms with van der Waals surface area (Å²) in [5.74, 6) is 0.230. The Labute approximate surface area is 151 Å². The second-order valence-electron chi connectivity index (χ2n) is 5.38. The number of ether oxygens (including phenoxy) is 1. The van der Waals surface area contributed by atoms with Crippen LogP contribution in [0, 0.1) is 0 Å². The summed E-state index contributed by atoms with van der Waals surface area (Å²) in [4.78, 5) is 12.3. The molecule has 2 aromatic rings. The van der Waals surface area contributed by atoms with E-state index in [1.165, 1.54) is 0 Å². The van der Waals surface area contributed by atoms with Crippen LogP contribution in [-0.2, 0) is 9.84 Å². The number of unbranched alkanes of at least 4 members (excludes halogenated alkanes) is 1. The molecule has 0 unspecified atom stereocenters. The summed E-state index contributed by atoms with van der Waals surface area (Å²) in [6.07, 6.45) is 2.46. The van der Waals surface area contributed by atoms with Crippen LogP contribution < -0.4 is 10.1 Å². The zero-order valence-corrected chi connectivity index (χ0v) is 15.8. The van der Waals surface area contributed by atoms with E-state index in [0.717, 1.165) is 24.2 Å². The number of benzene rings is 1. The molecule has 1 aromatic heterocycles. The van der Waals surface area contributed by atoms with Crippen molar-refractivity contribution in [2.24, 2.45) is 0 Å². The van der Waals surface area contributed by atoms with Crippen molar-refractivity contribution in [2.75, 3.05) is 17.7 Å². The second kappa shape index (κ2) is 8.91. The monoisotopic (exact) mass is 383 g/mol. The Bertz CT molecular complexity index is 818. The lowest BCUT2D eigenvalue weighted by molar-refractivity contribution is 0.102. The van der Waals surface area contributed by atoms with Crippen molar-refractivity contribution in [3.63, 3.8) is 0 Å². The SMILES string of the molecule is CCCCOc1cccc(C(=O)Nc2nnc(S(=O)(=O)CCC)s2)c1. The van der Waals surface area contributed by atoms with Crippen molar-refractivity contribution in [1.29, 1.82) is 0 Å². The minimum absolute atomic E-state index is 0.00667. The number of anilines is 1. The lowest BCUT2D eigenvalue weighted by Gasteiger charge is -2.07. The highest BCUT2D eigenvalue weighted by molar-refractivity contribution is 7.93. The predicted octanol–water partition coefficient (Wildman–Crippen LogP) is 3.15. The van der Waals surface area contributed by atoms with E-state index in [-0.39, 0.29) is 15.2 Å². The van der Waals surface area contributed by atoms with Gasteiger partial charge in [0.15, 0.2) is 0 Å². The summed E-state index contributed by atoms with van der Waals surface area (Å²) in [6.45, 7) is 4.44. The quantitative estimate of drug-likeness (QED) is 0.527. The molecule has 0 radical (unpaired) electrons. The van der Waals surface area contributed by atoms with E-state index >= 15 is 0 Å². The van der Waals surface area contributed by atoms with Gasteiger partial charge in [0.1, 0.15) is 5.75 Å². The first-order valence-corrected chi connectivity index (χ1v) is 10.5. The number of nitrogens with one attached hydrogen (secondary N) is 1. The number of hydrogen-bond donors (Lipinski definition) is 1. The summed E-state index contributed by atoms with van der Waals surface area (Å²) >= 11 is 0.850. The van der Waals surface area contributed by atoms with Crippen LogP contribution in [0.1, 0.15) is 43.5 Å². The van der Waals surface area contributed by atoms with Gasteiger partial charge in [0.2, 0.25) is 19.3 Å². The van der Waals surface area contributed by atoms with Crippen LogP contribution in [0.3, 0.4) is 0 Å². The maximum absolute atomic E-state index is 12.3. The molecule has 136 valence electrons. The number of carbonyl (C=O) groups excluding carboxylic acids is 1. The van der Waals surface area contributed by atoms with Gasteiger partial charge in [0.25, 0.3) is 5.91 Å². The van der Waals surface area contributed by atoms with Crippen LogP contribution in [0.2, 0.25) is 0 Å². The molecule has 1 amide bonds. The lowest BCUT2D eigenvalue weighted by Crippen LogP contribution is -2.11. The average molecular weight is 383 g/mol. The normalized spacial score (nSPS) is 11.3. The molecule has 1 N–H and O–H groups in total. The number of hydrogen-bond acceptors (Lipinski definition) is 7. The number of carbonyl (C=O) groups is 1. The van der Waals surface area contributed by atoms with Crippen LogP contribution in [0.15, 0.2) is 28.6 Å². The molecule has 9 heteroatoms. The molecule has 1 aromatic carbocycles. The first kappa shape index (κ1) is 19.3. The molecule has 0 aliphatic rings. The molecular formula is C16H21N3O4S2. The summed E-state index contributed by atoms with van der Waals surface area (Å²) in [6, 6.07) is 6.80. The highest BCUT2D eigenvalue weighted by Gasteiger charge is 2.20. The van der Waals surface area contributed by atoms with Crippen molar-refractivity contribution in [3.05, 3.63) is 29.8 Å². The molecular weight excluding hydrogens is 362 g/mol. The van der Waals surface area contributed by atoms with Crippen molar-refractivity contribution in [1.82, 2.24) is 10.2 Å². The highest BCUT2D eigenvalue weighted by Crippen LogP contribution is 2.22. The first-order chi connectivity index (χ1) is 12.0. The molecule has 0 fully saturated rings. The van der Waals surface area contributed by atoms with Crippen molar-refractivity contribution < 1.29 is 17.9 Å². The summed E-state index contributed by atoms with van der Waals surface area (Å²) in [5.41, 5.74) is 0.405. The Morgan fingerprint density at radius 2 is 2.04 bits per heavy atom. The van der Waals surface area contributed by atoms with Gasteiger partial charge in [-0.2, -0.15) is 0 Å². The van der Waals surface area contributed by atoms with Crippen molar-refractivity contribution >= 4 is 32.2 Å². The van der Waals surface area contributed by atoms with Crippen molar-refractivity contribution in [2.45, 2.75) is 37.4 Å². The van der Waals surface area contributed by atoms with E-state index in [1.54, 1.807) is 31.2 Å². The fraction of sp³-hybridized carbons (Fsp3) is 0.438. The Morgan fingerprint density at radius 3 is 2.76 bits per heavy atom. The Kier molecular flexibility index (Phi) is 6.89. The molecule has 2 rings (SSSR count). The lowest BCUT2D eigenvalue weighted by atomic mass is 10.2. The van der Waals surface area contributed by atoms with Crippen molar-refractivity contribution in [3.8, 4) is 5.75 Å². The Morgan fingerprint density at radius 1 is 1.24 bits per heavy atom. The molecule has 25 heavy (non-hydrogen) atoms. The standard InChI is InChI=1S/C16H21N3O4S2/c1-3-5-9-23-13-8-6-7-12(11-13)14(20)17-15-18-19-16(24-15)25(21,22)10-4-2/h6-8,11H,3-5,9-10H2,1-2H3,(H,17,18,20). The van der Waals surface area contributed by atoms with E-state index < -0.39 is 15.7 Å². The second-order valence-corrected chi connectivity index (χ2v) is 8.64. The molecule has 0 bridgehead atoms. The van der Waals surface area contributed by atoms with Crippen LogP contribution in [0.4, 0.5) is 5.13 Å². The van der Waals surface area contributed by atoms with E-state index in [0.29, 0.717) is 24.3 Å². The third-order valence-electron chi connectivity index (χ3n) is 3.23. The number of aromatic nitrogens is 2. The number of rotatable bonds is 9. The van der Waals surface area contributed by atoms with E-state index in [4.69, 9.17) is 4.74 Å². The first-order valence-electron chi connectivity index (χ1n) is 8.06. The van der Waals surface area contributed by atoms with Gasteiger partial charge in [0, 0.05) is 5.56 Å². The minimum atomic E-state index is -3.44. The predicted molar refractivity (Wildman–Crippen MR) is 97.1 cm³/mol. The van der Waals surface area contributed by atoms with Gasteiger partial charge in [-0.05, 0) is 31.0 Å². The Hall–Kier alpha value is -2.00. The maximum atomic E-state index is 12.3. The third kappa shape index (κ3) is 5.50. The van der Waals surface area contributed by atoms with E-state index in [9.17, 15) is 13.2 Å². The third-order valence-corrected chi connectivity index (χ3v) is 6.43. The van der Waals surface area contributed by atoms with Gasteiger partial charge < -0.3 is 4.74 Å². The number of nitrogens with zero attached hydrogens (tertiary/aromatic N) is 2. The molecule has 0 atom stereocenters. The summed E-state index contributed by atoms with van der Waals surface area (Å²) in [5, 5.41) is 10.1. The van der Waals surface area contributed by atoms with Crippen LogP contribution in [0.25, 0.3) is 0 Å². The van der Waals surface area contributed by atoms with Crippen LogP contribution >= 0.6 is 11.3 Å². The van der Waals surface area contributed by atoms with Gasteiger partial charge in [-0.25, -0.2) is 8.42 Å². The molecule has 1 heterocycles. The summed E-state index contributed by atoms with van der Waals surface area (Å²) in [7, 11) is -3.44. The topological polar surface area (TPSA) is 98.2 Å². The zero-order chi connectivity index (χ0) is 18.3. The van der Waals surface area contributed by atoms with E-state index in [1.807, 2.05) is 0 Å². The molecule has 0 saturated carbocycles. The highest BCUT2D eigenvalue weighted by atomic mass is 32.2. The average Bonchev–Trinajstić information content (AvgIpc) is 3.05. The minimum Gasteiger partial charge on any atom is -0.494 e. The molecule has 7 nitrogen and oxygen atoms in total. The Balaban J connectivity index is 2.05. The number of amides is 1. The fourth-order valence-electron chi connectivity index (χ4n) is 1.97.